The average Bonchev–Trinajstić information content (AvgIpc) is 2.84. The van der Waals surface area contributed by atoms with Gasteiger partial charge >= 0.3 is 0 Å². The van der Waals surface area contributed by atoms with Crippen molar-refractivity contribution in [2.45, 2.75) is 76.9 Å². The van der Waals surface area contributed by atoms with Gasteiger partial charge in [-0.3, -0.25) is 4.55 Å². The maximum Gasteiger partial charge on any atom is 0.268 e. The quantitative estimate of drug-likeness (QED) is 0.562. The molecule has 0 spiro atoms. The van der Waals surface area contributed by atoms with Crippen molar-refractivity contribution in [3.63, 3.8) is 0 Å². The summed E-state index contributed by atoms with van der Waals surface area (Å²) in [7, 11) is -3.92. The van der Waals surface area contributed by atoms with E-state index in [9.17, 15) is 13.0 Å². The average molecular weight is 339 g/mol. The van der Waals surface area contributed by atoms with E-state index in [4.69, 9.17) is 0 Å². The fourth-order valence-corrected chi connectivity index (χ4v) is 8.60. The third kappa shape index (κ3) is 2.20. The van der Waals surface area contributed by atoms with Gasteiger partial charge in [0.15, 0.2) is 0 Å². The van der Waals surface area contributed by atoms with Crippen LogP contribution < -0.4 is 0 Å². The standard InChI is InChI=1S/C19H30O3S/c1-18-11-4-3-5-13(18)6-7-14-15-8-9-17(23(20,21)22)19(15,2)12-10-16(14)18/h5,14-17H,3-4,6-12H2,1-2H3,(H,20,21,22)/t14-,15-,16-,17?,18-,19-/m0/s1. The molecular weight excluding hydrogens is 308 g/mol. The summed E-state index contributed by atoms with van der Waals surface area (Å²) in [5.74, 6) is 1.86. The van der Waals surface area contributed by atoms with Gasteiger partial charge in [-0.2, -0.15) is 8.42 Å². The smallest absolute Gasteiger partial charge is 0.268 e. The van der Waals surface area contributed by atoms with Gasteiger partial charge in [-0.05, 0) is 86.4 Å². The minimum Gasteiger partial charge on any atom is -0.285 e. The van der Waals surface area contributed by atoms with Crippen LogP contribution in [-0.2, 0) is 10.1 Å². The van der Waals surface area contributed by atoms with Gasteiger partial charge in [0.25, 0.3) is 10.1 Å². The molecule has 4 heteroatoms. The third-order valence-electron chi connectivity index (χ3n) is 8.30. The van der Waals surface area contributed by atoms with Gasteiger partial charge in [0.05, 0.1) is 5.25 Å². The highest BCUT2D eigenvalue weighted by atomic mass is 32.2. The second-order valence-corrected chi connectivity index (χ2v) is 10.7. The Bertz CT molecular complexity index is 637. The monoisotopic (exact) mass is 338 g/mol. The molecule has 0 saturated heterocycles. The minimum absolute atomic E-state index is 0.207. The van der Waals surface area contributed by atoms with Crippen LogP contribution in [0.2, 0.25) is 0 Å². The first-order valence-electron chi connectivity index (χ1n) is 9.42. The highest BCUT2D eigenvalue weighted by Crippen LogP contribution is 2.66. The molecule has 6 atom stereocenters. The van der Waals surface area contributed by atoms with E-state index in [0.29, 0.717) is 23.7 Å². The summed E-state index contributed by atoms with van der Waals surface area (Å²) >= 11 is 0. The Hall–Kier alpha value is -0.350. The van der Waals surface area contributed by atoms with Gasteiger partial charge in [-0.15, -0.1) is 0 Å². The first-order valence-corrected chi connectivity index (χ1v) is 10.9. The Morgan fingerprint density at radius 1 is 1.09 bits per heavy atom. The highest BCUT2D eigenvalue weighted by Gasteiger charge is 2.61. The van der Waals surface area contributed by atoms with Crippen LogP contribution >= 0.6 is 0 Å². The van der Waals surface area contributed by atoms with Crippen LogP contribution in [0.4, 0.5) is 0 Å². The lowest BCUT2D eigenvalue weighted by Crippen LogP contribution is -2.51. The first kappa shape index (κ1) is 16.1. The molecule has 3 nitrogen and oxygen atoms in total. The van der Waals surface area contributed by atoms with E-state index < -0.39 is 15.4 Å². The predicted molar refractivity (Wildman–Crippen MR) is 91.7 cm³/mol. The van der Waals surface area contributed by atoms with Crippen molar-refractivity contribution >= 4 is 10.1 Å². The highest BCUT2D eigenvalue weighted by molar-refractivity contribution is 7.86. The molecule has 4 aliphatic carbocycles. The summed E-state index contributed by atoms with van der Waals surface area (Å²) < 4.78 is 33.5. The Morgan fingerprint density at radius 3 is 2.61 bits per heavy atom. The molecule has 0 heterocycles. The van der Waals surface area contributed by atoms with Crippen LogP contribution in [0.1, 0.15) is 71.6 Å². The fourth-order valence-electron chi connectivity index (χ4n) is 7.19. The lowest BCUT2D eigenvalue weighted by Gasteiger charge is -2.58. The zero-order chi connectivity index (χ0) is 16.5. The molecule has 1 N–H and O–H groups in total. The molecule has 130 valence electrons. The predicted octanol–water partition coefficient (Wildman–Crippen LogP) is 4.60. The van der Waals surface area contributed by atoms with Crippen LogP contribution in [0.5, 0.6) is 0 Å². The SMILES string of the molecule is C[C@]12CCCC=C1CC[C@@H]1[C@@H]2CC[C@]2(C)C(S(=O)(=O)O)CC[C@@H]12. The van der Waals surface area contributed by atoms with Crippen LogP contribution in [0.15, 0.2) is 11.6 Å². The number of allylic oxidation sites excluding steroid dienone is 2. The summed E-state index contributed by atoms with van der Waals surface area (Å²) in [4.78, 5) is 0. The molecule has 0 aromatic carbocycles. The number of hydrogen-bond acceptors (Lipinski definition) is 2. The minimum atomic E-state index is -3.92. The molecule has 4 aliphatic rings. The lowest BCUT2D eigenvalue weighted by atomic mass is 9.47. The van der Waals surface area contributed by atoms with Crippen molar-refractivity contribution in [2.75, 3.05) is 0 Å². The van der Waals surface area contributed by atoms with Gasteiger partial charge in [0, 0.05) is 0 Å². The normalized spacial score (nSPS) is 49.8. The van der Waals surface area contributed by atoms with Crippen molar-refractivity contribution in [2.24, 2.45) is 28.6 Å². The summed E-state index contributed by atoms with van der Waals surface area (Å²) in [6.45, 7) is 4.63. The zero-order valence-electron chi connectivity index (χ0n) is 14.4. The molecular formula is C19H30O3S. The first-order chi connectivity index (χ1) is 10.8. The molecule has 0 aromatic rings. The van der Waals surface area contributed by atoms with Gasteiger partial charge < -0.3 is 0 Å². The van der Waals surface area contributed by atoms with Crippen molar-refractivity contribution < 1.29 is 13.0 Å². The van der Waals surface area contributed by atoms with Crippen molar-refractivity contribution in [3.05, 3.63) is 11.6 Å². The Labute approximate surface area is 140 Å². The maximum atomic E-state index is 11.9. The van der Waals surface area contributed by atoms with Gasteiger partial charge in [0.1, 0.15) is 0 Å². The van der Waals surface area contributed by atoms with E-state index in [1.165, 1.54) is 32.1 Å². The van der Waals surface area contributed by atoms with Crippen molar-refractivity contribution in [1.29, 1.82) is 0 Å². The summed E-state index contributed by atoms with van der Waals surface area (Å²) in [6, 6.07) is 0. The zero-order valence-corrected chi connectivity index (χ0v) is 15.2. The number of hydrogen-bond donors (Lipinski definition) is 1. The van der Waals surface area contributed by atoms with E-state index in [0.717, 1.165) is 25.2 Å². The van der Waals surface area contributed by atoms with Crippen molar-refractivity contribution in [1.82, 2.24) is 0 Å². The van der Waals surface area contributed by atoms with E-state index >= 15 is 0 Å². The third-order valence-corrected chi connectivity index (χ3v) is 9.79. The molecule has 0 radical (unpaired) electrons. The lowest BCUT2D eigenvalue weighted by molar-refractivity contribution is -0.0354. The van der Waals surface area contributed by atoms with Crippen LogP contribution in [0, 0.1) is 28.6 Å². The van der Waals surface area contributed by atoms with E-state index in [2.05, 4.69) is 19.9 Å². The van der Waals surface area contributed by atoms with Crippen LogP contribution in [0.25, 0.3) is 0 Å². The molecule has 23 heavy (non-hydrogen) atoms. The molecule has 0 amide bonds. The van der Waals surface area contributed by atoms with Gasteiger partial charge in [-0.1, -0.05) is 25.5 Å². The number of rotatable bonds is 1. The Kier molecular flexibility index (Phi) is 3.56. The molecule has 0 bridgehead atoms. The maximum absolute atomic E-state index is 11.9. The molecule has 0 aromatic heterocycles. The Morgan fingerprint density at radius 2 is 1.87 bits per heavy atom. The molecule has 0 aliphatic heterocycles. The van der Waals surface area contributed by atoms with Crippen LogP contribution in [-0.4, -0.2) is 18.2 Å². The molecule has 4 rings (SSSR count). The van der Waals surface area contributed by atoms with Gasteiger partial charge in [-0.25, -0.2) is 0 Å². The second kappa shape index (κ2) is 5.08. The van der Waals surface area contributed by atoms with Crippen LogP contribution in [0.3, 0.4) is 0 Å². The molecule has 1 unspecified atom stereocenters. The second-order valence-electron chi connectivity index (χ2n) is 9.08. The van der Waals surface area contributed by atoms with E-state index in [1.54, 1.807) is 5.57 Å². The summed E-state index contributed by atoms with van der Waals surface area (Å²) in [6.07, 6.45) is 12.5. The van der Waals surface area contributed by atoms with Crippen molar-refractivity contribution in [3.8, 4) is 0 Å². The topological polar surface area (TPSA) is 54.4 Å². The van der Waals surface area contributed by atoms with E-state index in [-0.39, 0.29) is 5.41 Å². The fraction of sp³-hybridized carbons (Fsp3) is 0.895. The Balaban J connectivity index is 1.68. The largest absolute Gasteiger partial charge is 0.285 e. The summed E-state index contributed by atoms with van der Waals surface area (Å²) in [5, 5.41) is -0.531. The summed E-state index contributed by atoms with van der Waals surface area (Å²) in [5.41, 5.74) is 1.84. The van der Waals surface area contributed by atoms with Gasteiger partial charge in [0.2, 0.25) is 0 Å². The molecule has 3 fully saturated rings. The molecule has 3 saturated carbocycles. The number of fused-ring (bicyclic) bond motifs is 5. The van der Waals surface area contributed by atoms with E-state index in [1.807, 2.05) is 0 Å².